The normalized spacial score (nSPS) is 11.1. The minimum absolute atomic E-state index is 0.121. The van der Waals surface area contributed by atoms with Crippen LogP contribution in [0.15, 0.2) is 58.1 Å². The van der Waals surface area contributed by atoms with Crippen molar-refractivity contribution in [3.8, 4) is 5.69 Å². The SMILES string of the molecule is Cc1cc(/C=N\NC(=O)CNc2ccc(Br)cc2)c(C)n1-c1cc(Cl)ccc1Cl. The Balaban J connectivity index is 1.66. The van der Waals surface area contributed by atoms with Crippen molar-refractivity contribution in [3.63, 3.8) is 0 Å². The first kappa shape index (κ1) is 21.4. The molecular formula is C21H19BrCl2N4O. The topological polar surface area (TPSA) is 58.4 Å². The van der Waals surface area contributed by atoms with Crippen LogP contribution in [-0.4, -0.2) is 23.2 Å². The molecule has 150 valence electrons. The minimum atomic E-state index is -0.240. The molecule has 0 aliphatic heterocycles. The summed E-state index contributed by atoms with van der Waals surface area (Å²) in [5, 5.41) is 8.32. The zero-order chi connectivity index (χ0) is 21.0. The number of amides is 1. The average Bonchev–Trinajstić information content (AvgIpc) is 2.97. The summed E-state index contributed by atoms with van der Waals surface area (Å²) in [6.07, 6.45) is 1.62. The Morgan fingerprint density at radius 2 is 1.86 bits per heavy atom. The van der Waals surface area contributed by atoms with E-state index in [1.54, 1.807) is 18.3 Å². The van der Waals surface area contributed by atoms with E-state index in [0.717, 1.165) is 32.8 Å². The van der Waals surface area contributed by atoms with Crippen molar-refractivity contribution in [1.29, 1.82) is 0 Å². The number of hydrogen-bond donors (Lipinski definition) is 2. The van der Waals surface area contributed by atoms with Gasteiger partial charge in [0.25, 0.3) is 5.91 Å². The number of rotatable bonds is 6. The standard InChI is InChI=1S/C21H19BrCl2N4O/c1-13-9-15(14(2)28(13)20-10-17(23)5-8-19(20)24)11-26-27-21(29)12-25-18-6-3-16(22)4-7-18/h3-11,25H,12H2,1-2H3,(H,27,29)/b26-11-. The molecule has 2 aromatic carbocycles. The number of carbonyl (C=O) groups excluding carboxylic acids is 1. The van der Waals surface area contributed by atoms with Gasteiger partial charge < -0.3 is 9.88 Å². The van der Waals surface area contributed by atoms with Crippen molar-refractivity contribution in [2.75, 3.05) is 11.9 Å². The van der Waals surface area contributed by atoms with Gasteiger partial charge in [0, 0.05) is 32.1 Å². The molecule has 0 bridgehead atoms. The fourth-order valence-corrected chi connectivity index (χ4v) is 3.54. The Labute approximate surface area is 187 Å². The van der Waals surface area contributed by atoms with Gasteiger partial charge in [-0.05, 0) is 62.4 Å². The van der Waals surface area contributed by atoms with Gasteiger partial charge in [0.2, 0.25) is 0 Å². The van der Waals surface area contributed by atoms with Crippen molar-refractivity contribution in [1.82, 2.24) is 9.99 Å². The summed E-state index contributed by atoms with van der Waals surface area (Å²) in [6.45, 7) is 4.06. The monoisotopic (exact) mass is 492 g/mol. The van der Waals surface area contributed by atoms with Crippen LogP contribution < -0.4 is 10.7 Å². The van der Waals surface area contributed by atoms with Crippen LogP contribution in [0.3, 0.4) is 0 Å². The van der Waals surface area contributed by atoms with Gasteiger partial charge in [0.05, 0.1) is 23.5 Å². The number of hydrogen-bond acceptors (Lipinski definition) is 3. The summed E-state index contributed by atoms with van der Waals surface area (Å²) >= 11 is 15.8. The Morgan fingerprint density at radius 3 is 2.59 bits per heavy atom. The highest BCUT2D eigenvalue weighted by molar-refractivity contribution is 9.10. The van der Waals surface area contributed by atoms with Gasteiger partial charge >= 0.3 is 0 Å². The van der Waals surface area contributed by atoms with E-state index in [2.05, 4.69) is 31.8 Å². The summed E-state index contributed by atoms with van der Waals surface area (Å²) in [5.74, 6) is -0.240. The lowest BCUT2D eigenvalue weighted by Crippen LogP contribution is -2.25. The van der Waals surface area contributed by atoms with E-state index in [4.69, 9.17) is 23.2 Å². The van der Waals surface area contributed by atoms with Crippen molar-refractivity contribution in [3.05, 3.63) is 80.0 Å². The third-order valence-corrected chi connectivity index (χ3v) is 5.39. The Morgan fingerprint density at radius 1 is 1.14 bits per heavy atom. The van der Waals surface area contributed by atoms with Crippen LogP contribution in [0.1, 0.15) is 17.0 Å². The fourth-order valence-electron chi connectivity index (χ4n) is 2.91. The van der Waals surface area contributed by atoms with E-state index in [-0.39, 0.29) is 12.5 Å². The summed E-state index contributed by atoms with van der Waals surface area (Å²) in [7, 11) is 0. The van der Waals surface area contributed by atoms with Gasteiger partial charge in [-0.1, -0.05) is 39.1 Å². The molecule has 0 aliphatic rings. The number of anilines is 1. The molecule has 3 rings (SSSR count). The average molecular weight is 494 g/mol. The lowest BCUT2D eigenvalue weighted by molar-refractivity contribution is -0.119. The van der Waals surface area contributed by atoms with E-state index >= 15 is 0 Å². The number of carbonyl (C=O) groups is 1. The van der Waals surface area contributed by atoms with Gasteiger partial charge in [-0.25, -0.2) is 5.43 Å². The van der Waals surface area contributed by atoms with Crippen molar-refractivity contribution < 1.29 is 4.79 Å². The van der Waals surface area contributed by atoms with Crippen molar-refractivity contribution in [2.45, 2.75) is 13.8 Å². The van der Waals surface area contributed by atoms with Crippen LogP contribution in [0.5, 0.6) is 0 Å². The Hall–Kier alpha value is -2.28. The first-order valence-electron chi connectivity index (χ1n) is 8.81. The summed E-state index contributed by atoms with van der Waals surface area (Å²) in [5.41, 5.74) is 6.99. The zero-order valence-electron chi connectivity index (χ0n) is 15.8. The first-order valence-corrected chi connectivity index (χ1v) is 10.4. The molecule has 5 nitrogen and oxygen atoms in total. The second-order valence-electron chi connectivity index (χ2n) is 6.41. The van der Waals surface area contributed by atoms with Crippen LogP contribution in [0.2, 0.25) is 10.0 Å². The summed E-state index contributed by atoms with van der Waals surface area (Å²) < 4.78 is 2.99. The molecule has 2 N–H and O–H groups in total. The number of hydrazone groups is 1. The molecule has 0 atom stereocenters. The highest BCUT2D eigenvalue weighted by atomic mass is 79.9. The highest BCUT2D eigenvalue weighted by Gasteiger charge is 2.12. The summed E-state index contributed by atoms with van der Waals surface area (Å²) in [4.78, 5) is 12.0. The molecule has 0 aliphatic carbocycles. The number of aromatic nitrogens is 1. The van der Waals surface area contributed by atoms with E-state index in [0.29, 0.717) is 10.0 Å². The van der Waals surface area contributed by atoms with Crippen LogP contribution in [0.25, 0.3) is 5.69 Å². The Bertz CT molecular complexity index is 1060. The molecule has 0 spiro atoms. The highest BCUT2D eigenvalue weighted by Crippen LogP contribution is 2.28. The predicted octanol–water partition coefficient (Wildman–Crippen LogP) is 5.73. The van der Waals surface area contributed by atoms with Crippen molar-refractivity contribution >= 4 is 56.9 Å². The van der Waals surface area contributed by atoms with Gasteiger partial charge in [-0.3, -0.25) is 4.79 Å². The molecule has 0 radical (unpaired) electrons. The number of benzene rings is 2. The zero-order valence-corrected chi connectivity index (χ0v) is 18.9. The van der Waals surface area contributed by atoms with Crippen LogP contribution >= 0.6 is 39.1 Å². The molecule has 0 saturated carbocycles. The van der Waals surface area contributed by atoms with E-state index in [9.17, 15) is 4.79 Å². The molecule has 0 unspecified atom stereocenters. The molecule has 1 aromatic heterocycles. The fraction of sp³-hybridized carbons (Fsp3) is 0.143. The second-order valence-corrected chi connectivity index (χ2v) is 8.17. The predicted molar refractivity (Wildman–Crippen MR) is 124 cm³/mol. The number of nitrogens with one attached hydrogen (secondary N) is 2. The van der Waals surface area contributed by atoms with Crippen LogP contribution in [-0.2, 0) is 4.79 Å². The van der Waals surface area contributed by atoms with Crippen molar-refractivity contribution in [2.24, 2.45) is 5.10 Å². The first-order chi connectivity index (χ1) is 13.8. The second kappa shape index (κ2) is 9.48. The van der Waals surface area contributed by atoms with Crippen LogP contribution in [0, 0.1) is 13.8 Å². The van der Waals surface area contributed by atoms with Gasteiger partial charge in [-0.2, -0.15) is 5.10 Å². The molecule has 29 heavy (non-hydrogen) atoms. The molecule has 8 heteroatoms. The molecule has 1 heterocycles. The number of nitrogens with zero attached hydrogens (tertiary/aromatic N) is 2. The number of aryl methyl sites for hydroxylation is 1. The Kier molecular flexibility index (Phi) is 7.00. The maximum Gasteiger partial charge on any atom is 0.259 e. The maximum atomic E-state index is 12.0. The lowest BCUT2D eigenvalue weighted by atomic mass is 10.2. The minimum Gasteiger partial charge on any atom is -0.376 e. The number of halogens is 3. The molecular weight excluding hydrogens is 475 g/mol. The molecule has 0 saturated heterocycles. The van der Waals surface area contributed by atoms with E-state index < -0.39 is 0 Å². The molecule has 3 aromatic rings. The maximum absolute atomic E-state index is 12.0. The molecule has 0 fully saturated rings. The van der Waals surface area contributed by atoms with Gasteiger partial charge in [0.15, 0.2) is 0 Å². The third-order valence-electron chi connectivity index (χ3n) is 4.31. The smallest absolute Gasteiger partial charge is 0.259 e. The van der Waals surface area contributed by atoms with Gasteiger partial charge in [0.1, 0.15) is 0 Å². The van der Waals surface area contributed by atoms with Crippen LogP contribution in [0.4, 0.5) is 5.69 Å². The van der Waals surface area contributed by atoms with E-state index in [1.165, 1.54) is 0 Å². The summed E-state index contributed by atoms with van der Waals surface area (Å²) in [6, 6.07) is 14.9. The molecule has 1 amide bonds. The largest absolute Gasteiger partial charge is 0.376 e. The van der Waals surface area contributed by atoms with E-state index in [1.807, 2.05) is 54.8 Å². The van der Waals surface area contributed by atoms with Gasteiger partial charge in [-0.15, -0.1) is 0 Å². The lowest BCUT2D eigenvalue weighted by Gasteiger charge is -2.12. The quantitative estimate of drug-likeness (QED) is 0.340. The third kappa shape index (κ3) is 5.41.